The van der Waals surface area contributed by atoms with Gasteiger partial charge in [-0.25, -0.2) is 0 Å². The number of carboxylic acid groups (broad SMARTS) is 1. The van der Waals surface area contributed by atoms with Crippen LogP contribution in [-0.2, 0) is 9.59 Å². The molecule has 1 aliphatic heterocycles. The van der Waals surface area contributed by atoms with Crippen LogP contribution in [0.5, 0.6) is 0 Å². The summed E-state index contributed by atoms with van der Waals surface area (Å²) in [5.41, 5.74) is 0.905. The maximum absolute atomic E-state index is 12.6. The zero-order valence-corrected chi connectivity index (χ0v) is 14.5. The molecule has 1 aromatic carbocycles. The van der Waals surface area contributed by atoms with Crippen molar-refractivity contribution in [2.45, 2.75) is 32.7 Å². The summed E-state index contributed by atoms with van der Waals surface area (Å²) in [5.74, 6) is -0.921. The lowest BCUT2D eigenvalue weighted by Crippen LogP contribution is -2.46. The molecule has 1 fully saturated rings. The highest BCUT2D eigenvalue weighted by Crippen LogP contribution is 2.20. The van der Waals surface area contributed by atoms with Gasteiger partial charge in [-0.2, -0.15) is 0 Å². The van der Waals surface area contributed by atoms with Crippen LogP contribution < -0.4 is 4.90 Å². The van der Waals surface area contributed by atoms with E-state index >= 15 is 0 Å². The molecule has 0 aromatic heterocycles. The molecule has 1 amide bonds. The normalized spacial score (nSPS) is 16.0. The molecule has 0 radical (unpaired) electrons. The first-order valence-electron chi connectivity index (χ1n) is 7.81. The van der Waals surface area contributed by atoms with Gasteiger partial charge in [0.2, 0.25) is 5.91 Å². The lowest BCUT2D eigenvalue weighted by Gasteiger charge is -2.33. The zero-order valence-electron chi connectivity index (χ0n) is 13.6. The summed E-state index contributed by atoms with van der Waals surface area (Å²) < 4.78 is 0. The van der Waals surface area contributed by atoms with Crippen LogP contribution in [0.2, 0.25) is 0 Å². The van der Waals surface area contributed by atoms with Gasteiger partial charge in [-0.05, 0) is 51.9 Å². The minimum atomic E-state index is -0.723. The Morgan fingerprint density at radius 1 is 1.22 bits per heavy atom. The summed E-state index contributed by atoms with van der Waals surface area (Å²) in [7, 11) is 0. The number of amides is 1. The van der Waals surface area contributed by atoms with Crippen molar-refractivity contribution in [3.8, 4) is 0 Å². The highest BCUT2D eigenvalue weighted by molar-refractivity contribution is 5.95. The molecule has 1 heterocycles. The van der Waals surface area contributed by atoms with Crippen LogP contribution in [0.3, 0.4) is 0 Å². The Bertz CT molecular complexity index is 514. The van der Waals surface area contributed by atoms with E-state index in [2.05, 4.69) is 4.90 Å². The molecule has 23 heavy (non-hydrogen) atoms. The van der Waals surface area contributed by atoms with Crippen molar-refractivity contribution in [3.05, 3.63) is 30.3 Å². The molecule has 0 aliphatic carbocycles. The predicted molar refractivity (Wildman–Crippen MR) is 93.1 cm³/mol. The Labute approximate surface area is 143 Å². The number of hydrogen-bond donors (Lipinski definition) is 1. The molecule has 1 saturated heterocycles. The first-order chi connectivity index (χ1) is 10.5. The lowest BCUT2D eigenvalue weighted by atomic mass is 9.97. The van der Waals surface area contributed by atoms with Crippen molar-refractivity contribution in [2.75, 3.05) is 24.5 Å². The number of likely N-dealkylation sites (tertiary alicyclic amines) is 1. The third kappa shape index (κ3) is 5.22. The fourth-order valence-electron chi connectivity index (χ4n) is 2.92. The Morgan fingerprint density at radius 3 is 2.26 bits per heavy atom. The second-order valence-corrected chi connectivity index (χ2v) is 6.08. The van der Waals surface area contributed by atoms with Gasteiger partial charge in [-0.3, -0.25) is 14.5 Å². The first kappa shape index (κ1) is 19.5. The number of nitrogens with zero attached hydrogens (tertiary/aromatic N) is 2. The minimum Gasteiger partial charge on any atom is -0.481 e. The predicted octanol–water partition coefficient (Wildman–Crippen LogP) is 2.65. The van der Waals surface area contributed by atoms with E-state index < -0.39 is 5.97 Å². The maximum Gasteiger partial charge on any atom is 0.306 e. The van der Waals surface area contributed by atoms with Crippen LogP contribution in [0.1, 0.15) is 26.7 Å². The molecule has 6 heteroatoms. The van der Waals surface area contributed by atoms with E-state index in [1.54, 1.807) is 0 Å². The molecule has 0 bridgehead atoms. The smallest absolute Gasteiger partial charge is 0.306 e. The van der Waals surface area contributed by atoms with Crippen LogP contribution in [0, 0.1) is 5.92 Å². The van der Waals surface area contributed by atoms with E-state index in [9.17, 15) is 9.59 Å². The van der Waals surface area contributed by atoms with Crippen LogP contribution in [0.25, 0.3) is 0 Å². The number of halogens is 1. The number of rotatable bonds is 5. The number of carbonyl (C=O) groups excluding carboxylic acids is 1. The van der Waals surface area contributed by atoms with Crippen molar-refractivity contribution in [2.24, 2.45) is 5.92 Å². The van der Waals surface area contributed by atoms with E-state index in [0.717, 1.165) is 5.69 Å². The second-order valence-electron chi connectivity index (χ2n) is 6.08. The van der Waals surface area contributed by atoms with Crippen LogP contribution in [0.4, 0.5) is 5.69 Å². The van der Waals surface area contributed by atoms with Gasteiger partial charge in [0.25, 0.3) is 0 Å². The average molecular weight is 341 g/mol. The van der Waals surface area contributed by atoms with E-state index in [1.165, 1.54) is 0 Å². The Balaban J connectivity index is 0.00000264. The van der Waals surface area contributed by atoms with Gasteiger partial charge < -0.3 is 10.0 Å². The van der Waals surface area contributed by atoms with Crippen molar-refractivity contribution < 1.29 is 14.7 Å². The number of hydrogen-bond acceptors (Lipinski definition) is 3. The monoisotopic (exact) mass is 340 g/mol. The average Bonchev–Trinajstić information content (AvgIpc) is 2.48. The summed E-state index contributed by atoms with van der Waals surface area (Å²) in [4.78, 5) is 27.5. The summed E-state index contributed by atoms with van der Waals surface area (Å²) in [5, 5.41) is 9.02. The van der Waals surface area contributed by atoms with Gasteiger partial charge in [-0.1, -0.05) is 18.2 Å². The van der Waals surface area contributed by atoms with Gasteiger partial charge in [0.05, 0.1) is 12.5 Å². The number of carboxylic acids is 1. The van der Waals surface area contributed by atoms with E-state index in [4.69, 9.17) is 5.11 Å². The van der Waals surface area contributed by atoms with Crippen molar-refractivity contribution >= 4 is 30.0 Å². The molecule has 1 aliphatic rings. The van der Waals surface area contributed by atoms with Gasteiger partial charge in [0.1, 0.15) is 0 Å². The Hall–Kier alpha value is -1.59. The van der Waals surface area contributed by atoms with Gasteiger partial charge in [0.15, 0.2) is 0 Å². The minimum absolute atomic E-state index is 0. The molecule has 0 atom stereocenters. The first-order valence-corrected chi connectivity index (χ1v) is 7.81. The molecule has 1 N–H and O–H groups in total. The third-order valence-electron chi connectivity index (χ3n) is 4.12. The highest BCUT2D eigenvalue weighted by atomic mass is 35.5. The molecule has 2 rings (SSSR count). The number of aliphatic carboxylic acids is 1. The third-order valence-corrected chi connectivity index (χ3v) is 4.12. The Morgan fingerprint density at radius 2 is 1.78 bits per heavy atom. The van der Waals surface area contributed by atoms with Gasteiger partial charge in [0, 0.05) is 11.7 Å². The zero-order chi connectivity index (χ0) is 16.1. The molecule has 0 saturated carbocycles. The number of para-hydroxylation sites is 1. The summed E-state index contributed by atoms with van der Waals surface area (Å²) in [6.07, 6.45) is 1.24. The topological polar surface area (TPSA) is 60.9 Å². The maximum atomic E-state index is 12.6. The van der Waals surface area contributed by atoms with Crippen LogP contribution >= 0.6 is 12.4 Å². The molecular formula is C17H25ClN2O3. The van der Waals surface area contributed by atoms with E-state index in [0.29, 0.717) is 32.5 Å². The molecule has 128 valence electrons. The number of carbonyl (C=O) groups is 2. The lowest BCUT2D eigenvalue weighted by molar-refractivity contribution is -0.143. The quantitative estimate of drug-likeness (QED) is 0.895. The largest absolute Gasteiger partial charge is 0.481 e. The molecule has 0 unspecified atom stereocenters. The second kappa shape index (κ2) is 8.89. The molecule has 1 aromatic rings. The van der Waals surface area contributed by atoms with Crippen LogP contribution in [-0.4, -0.2) is 47.6 Å². The summed E-state index contributed by atoms with van der Waals surface area (Å²) in [6.45, 7) is 5.69. The standard InChI is InChI=1S/C17H24N2O3.ClH/c1-13(2)19(15-6-4-3-5-7-15)16(20)12-18-10-8-14(9-11-18)17(21)22;/h3-7,13-14H,8-12H2,1-2H3,(H,21,22);1H. The summed E-state index contributed by atoms with van der Waals surface area (Å²) >= 11 is 0. The molecule has 0 spiro atoms. The fourth-order valence-corrected chi connectivity index (χ4v) is 2.92. The molecule has 5 nitrogen and oxygen atoms in total. The number of anilines is 1. The fraction of sp³-hybridized carbons (Fsp3) is 0.529. The van der Waals surface area contributed by atoms with E-state index in [1.807, 2.05) is 49.1 Å². The summed E-state index contributed by atoms with van der Waals surface area (Å²) in [6, 6.07) is 9.75. The van der Waals surface area contributed by atoms with Gasteiger partial charge in [-0.15, -0.1) is 12.4 Å². The number of benzene rings is 1. The Kier molecular flexibility index (Phi) is 7.52. The van der Waals surface area contributed by atoms with Gasteiger partial charge >= 0.3 is 5.97 Å². The van der Waals surface area contributed by atoms with Crippen molar-refractivity contribution in [1.29, 1.82) is 0 Å². The highest BCUT2D eigenvalue weighted by Gasteiger charge is 2.27. The number of piperidine rings is 1. The molecular weight excluding hydrogens is 316 g/mol. The SMILES string of the molecule is CC(C)N(C(=O)CN1CCC(C(=O)O)CC1)c1ccccc1.Cl. The van der Waals surface area contributed by atoms with E-state index in [-0.39, 0.29) is 30.3 Å². The van der Waals surface area contributed by atoms with Crippen LogP contribution in [0.15, 0.2) is 30.3 Å². The van der Waals surface area contributed by atoms with Crippen molar-refractivity contribution in [3.63, 3.8) is 0 Å². The van der Waals surface area contributed by atoms with Crippen molar-refractivity contribution in [1.82, 2.24) is 4.90 Å².